The second kappa shape index (κ2) is 6.87. The number of nitrogens with zero attached hydrogens (tertiary/aromatic N) is 4. The zero-order valence-corrected chi connectivity index (χ0v) is 14.1. The van der Waals surface area contributed by atoms with Crippen molar-refractivity contribution in [1.82, 2.24) is 14.9 Å². The summed E-state index contributed by atoms with van der Waals surface area (Å²) in [5.74, 6) is 1.85. The summed E-state index contributed by atoms with van der Waals surface area (Å²) in [5.41, 5.74) is -0.347. The van der Waals surface area contributed by atoms with Crippen LogP contribution in [-0.4, -0.2) is 48.1 Å². The van der Waals surface area contributed by atoms with Crippen molar-refractivity contribution in [3.8, 4) is 0 Å². The molecular formula is C17H20F3N5. The molecule has 1 aliphatic heterocycles. The van der Waals surface area contributed by atoms with Crippen molar-refractivity contribution in [2.45, 2.75) is 13.1 Å². The van der Waals surface area contributed by atoms with Gasteiger partial charge in [0.15, 0.2) is 0 Å². The zero-order valence-electron chi connectivity index (χ0n) is 14.1. The molecule has 1 aromatic heterocycles. The summed E-state index contributed by atoms with van der Waals surface area (Å²) in [5, 5.41) is 2.96. The second-order valence-electron chi connectivity index (χ2n) is 6.15. The van der Waals surface area contributed by atoms with Crippen LogP contribution in [0.1, 0.15) is 11.4 Å². The highest BCUT2D eigenvalue weighted by atomic mass is 19.4. The number of rotatable bonds is 3. The molecule has 3 rings (SSSR count). The summed E-state index contributed by atoms with van der Waals surface area (Å²) in [6.07, 6.45) is -4.37. The fourth-order valence-electron chi connectivity index (χ4n) is 2.73. The van der Waals surface area contributed by atoms with Gasteiger partial charge in [-0.1, -0.05) is 6.07 Å². The van der Waals surface area contributed by atoms with Crippen LogP contribution in [0.4, 0.5) is 30.5 Å². The second-order valence-corrected chi connectivity index (χ2v) is 6.15. The lowest BCUT2D eigenvalue weighted by Gasteiger charge is -2.33. The highest BCUT2D eigenvalue weighted by molar-refractivity contribution is 5.60. The Hall–Kier alpha value is -2.35. The Morgan fingerprint density at radius 2 is 1.76 bits per heavy atom. The van der Waals surface area contributed by atoms with E-state index >= 15 is 0 Å². The minimum atomic E-state index is -4.37. The highest BCUT2D eigenvalue weighted by Crippen LogP contribution is 2.31. The Balaban J connectivity index is 1.81. The Morgan fingerprint density at radius 1 is 1.04 bits per heavy atom. The standard InChI is InChI=1S/C17H20F3N5/c1-12-21-15(11-16(22-12)25-8-6-24(2)7-9-25)23-14-5-3-4-13(10-14)17(18,19)20/h3-5,10-11H,6-9H2,1-2H3,(H,21,22,23). The zero-order chi connectivity index (χ0) is 18.0. The molecule has 8 heteroatoms. The summed E-state index contributed by atoms with van der Waals surface area (Å²) < 4.78 is 38.5. The summed E-state index contributed by atoms with van der Waals surface area (Å²) in [4.78, 5) is 13.1. The number of benzene rings is 1. The number of piperazine rings is 1. The summed E-state index contributed by atoms with van der Waals surface area (Å²) in [6.45, 7) is 5.38. The maximum atomic E-state index is 12.8. The van der Waals surface area contributed by atoms with Crippen molar-refractivity contribution in [3.63, 3.8) is 0 Å². The quantitative estimate of drug-likeness (QED) is 0.919. The average Bonchev–Trinajstić information content (AvgIpc) is 2.54. The third kappa shape index (κ3) is 4.39. The van der Waals surface area contributed by atoms with Crippen LogP contribution in [0.15, 0.2) is 30.3 Å². The first kappa shape index (κ1) is 17.5. The summed E-state index contributed by atoms with van der Waals surface area (Å²) in [7, 11) is 2.07. The lowest BCUT2D eigenvalue weighted by molar-refractivity contribution is -0.137. The van der Waals surface area contributed by atoms with Crippen molar-refractivity contribution in [2.24, 2.45) is 0 Å². The lowest BCUT2D eigenvalue weighted by Crippen LogP contribution is -2.44. The minimum absolute atomic E-state index is 0.345. The SMILES string of the molecule is Cc1nc(Nc2cccc(C(F)(F)F)c2)cc(N2CCN(C)CC2)n1. The van der Waals surface area contributed by atoms with Crippen molar-refractivity contribution in [3.05, 3.63) is 41.7 Å². The van der Waals surface area contributed by atoms with E-state index in [9.17, 15) is 13.2 Å². The van der Waals surface area contributed by atoms with E-state index in [-0.39, 0.29) is 0 Å². The van der Waals surface area contributed by atoms with Crippen LogP contribution >= 0.6 is 0 Å². The average molecular weight is 351 g/mol. The van der Waals surface area contributed by atoms with Gasteiger partial charge < -0.3 is 15.1 Å². The van der Waals surface area contributed by atoms with Crippen LogP contribution in [-0.2, 0) is 6.18 Å². The first-order chi connectivity index (χ1) is 11.8. The van der Waals surface area contributed by atoms with Crippen LogP contribution in [0.25, 0.3) is 0 Å². The molecule has 1 aliphatic rings. The van der Waals surface area contributed by atoms with E-state index in [4.69, 9.17) is 0 Å². The van der Waals surface area contributed by atoms with Crippen LogP contribution in [0.2, 0.25) is 0 Å². The lowest BCUT2D eigenvalue weighted by atomic mass is 10.2. The van der Waals surface area contributed by atoms with E-state index in [2.05, 4.69) is 32.1 Å². The number of nitrogens with one attached hydrogen (secondary N) is 1. The largest absolute Gasteiger partial charge is 0.416 e. The number of hydrogen-bond acceptors (Lipinski definition) is 5. The van der Waals surface area contributed by atoms with Gasteiger partial charge in [0, 0.05) is 37.9 Å². The minimum Gasteiger partial charge on any atom is -0.354 e. The van der Waals surface area contributed by atoms with Gasteiger partial charge in [0.25, 0.3) is 0 Å². The van der Waals surface area contributed by atoms with E-state index < -0.39 is 11.7 Å². The monoisotopic (exact) mass is 351 g/mol. The Kier molecular flexibility index (Phi) is 4.80. The maximum Gasteiger partial charge on any atom is 0.416 e. The summed E-state index contributed by atoms with van der Waals surface area (Å²) in [6, 6.07) is 6.86. The van der Waals surface area contributed by atoms with Gasteiger partial charge >= 0.3 is 6.18 Å². The van der Waals surface area contributed by atoms with Crippen LogP contribution in [0.5, 0.6) is 0 Å². The van der Waals surface area contributed by atoms with E-state index in [0.717, 1.165) is 44.1 Å². The molecule has 25 heavy (non-hydrogen) atoms. The number of aromatic nitrogens is 2. The smallest absolute Gasteiger partial charge is 0.354 e. The van der Waals surface area contributed by atoms with Gasteiger partial charge in [0.05, 0.1) is 5.56 Å². The molecule has 0 saturated carbocycles. The van der Waals surface area contributed by atoms with Gasteiger partial charge in [-0.3, -0.25) is 0 Å². The van der Waals surface area contributed by atoms with E-state index in [0.29, 0.717) is 17.3 Å². The molecule has 1 fully saturated rings. The molecule has 134 valence electrons. The molecule has 5 nitrogen and oxygen atoms in total. The van der Waals surface area contributed by atoms with Gasteiger partial charge in [-0.05, 0) is 32.2 Å². The number of likely N-dealkylation sites (N-methyl/N-ethyl adjacent to an activating group) is 1. The fourth-order valence-corrected chi connectivity index (χ4v) is 2.73. The molecule has 0 spiro atoms. The number of aryl methyl sites for hydroxylation is 1. The van der Waals surface area contributed by atoms with Crippen molar-refractivity contribution < 1.29 is 13.2 Å². The first-order valence-electron chi connectivity index (χ1n) is 8.05. The van der Waals surface area contributed by atoms with Gasteiger partial charge in [0.1, 0.15) is 17.5 Å². The number of alkyl halides is 3. The van der Waals surface area contributed by atoms with E-state index in [1.807, 2.05) is 0 Å². The molecule has 1 aromatic carbocycles. The Bertz CT molecular complexity index is 739. The molecule has 1 N–H and O–H groups in total. The van der Waals surface area contributed by atoms with Crippen LogP contribution in [0.3, 0.4) is 0 Å². The van der Waals surface area contributed by atoms with Crippen molar-refractivity contribution in [1.29, 1.82) is 0 Å². The predicted octanol–water partition coefficient (Wildman–Crippen LogP) is 3.30. The van der Waals surface area contributed by atoms with E-state index in [1.54, 1.807) is 19.1 Å². The molecule has 0 aliphatic carbocycles. The number of halogens is 3. The van der Waals surface area contributed by atoms with E-state index in [1.165, 1.54) is 6.07 Å². The Morgan fingerprint density at radius 3 is 2.44 bits per heavy atom. The predicted molar refractivity (Wildman–Crippen MR) is 91.2 cm³/mol. The van der Waals surface area contributed by atoms with Gasteiger partial charge in [0.2, 0.25) is 0 Å². The molecule has 0 radical (unpaired) electrons. The van der Waals surface area contributed by atoms with Gasteiger partial charge in [-0.25, -0.2) is 9.97 Å². The first-order valence-corrected chi connectivity index (χ1v) is 8.05. The summed E-state index contributed by atoms with van der Waals surface area (Å²) >= 11 is 0. The van der Waals surface area contributed by atoms with Crippen LogP contribution in [0, 0.1) is 6.92 Å². The number of anilines is 3. The molecule has 2 aromatic rings. The molecule has 0 bridgehead atoms. The third-order valence-corrected chi connectivity index (χ3v) is 4.11. The molecule has 0 amide bonds. The van der Waals surface area contributed by atoms with Crippen molar-refractivity contribution >= 4 is 17.3 Å². The molecule has 1 saturated heterocycles. The maximum absolute atomic E-state index is 12.8. The molecule has 2 heterocycles. The fraction of sp³-hybridized carbons (Fsp3) is 0.412. The Labute approximate surface area is 144 Å². The molecular weight excluding hydrogens is 331 g/mol. The third-order valence-electron chi connectivity index (χ3n) is 4.11. The number of hydrogen-bond donors (Lipinski definition) is 1. The topological polar surface area (TPSA) is 44.3 Å². The van der Waals surface area contributed by atoms with Crippen molar-refractivity contribution in [2.75, 3.05) is 43.4 Å². The highest BCUT2D eigenvalue weighted by Gasteiger charge is 2.30. The molecule has 0 unspecified atom stereocenters. The van der Waals surface area contributed by atoms with Crippen LogP contribution < -0.4 is 10.2 Å². The normalized spacial score (nSPS) is 16.1. The van der Waals surface area contributed by atoms with Gasteiger partial charge in [-0.2, -0.15) is 13.2 Å². The molecule has 0 atom stereocenters. The van der Waals surface area contributed by atoms with Gasteiger partial charge in [-0.15, -0.1) is 0 Å².